The third-order valence-electron chi connectivity index (χ3n) is 2.89. The van der Waals surface area contributed by atoms with Crippen LogP contribution in [0.4, 0.5) is 5.88 Å². The number of rotatable bonds is 5. The fraction of sp³-hybridized carbons (Fsp3) is 0.0714. The van der Waals surface area contributed by atoms with Gasteiger partial charge in [-0.2, -0.15) is 8.42 Å². The maximum Gasteiger partial charge on any atom is 0.313 e. The summed E-state index contributed by atoms with van der Waals surface area (Å²) < 4.78 is 34.4. The summed E-state index contributed by atoms with van der Waals surface area (Å²) in [6.07, 6.45) is 1.52. The molecule has 0 amide bonds. The molecule has 2 heterocycles. The van der Waals surface area contributed by atoms with Crippen LogP contribution in [0.25, 0.3) is 10.8 Å². The SMILES string of the molecule is Nc1oc(-c2nccs2)c(O)c1OS(=O)(=O)Cc1ccccc1. The largest absolute Gasteiger partial charge is 0.501 e. The van der Waals surface area contributed by atoms with Gasteiger partial charge in [0.05, 0.1) is 0 Å². The molecule has 0 aliphatic carbocycles. The molecule has 1 aromatic carbocycles. The fourth-order valence-corrected chi connectivity index (χ4v) is 3.61. The number of nitrogens with two attached hydrogens (primary N) is 1. The van der Waals surface area contributed by atoms with E-state index in [1.165, 1.54) is 17.5 Å². The smallest absolute Gasteiger partial charge is 0.313 e. The van der Waals surface area contributed by atoms with Gasteiger partial charge in [0.25, 0.3) is 0 Å². The van der Waals surface area contributed by atoms with Crippen LogP contribution in [0.15, 0.2) is 46.3 Å². The molecule has 3 aromatic rings. The lowest BCUT2D eigenvalue weighted by Crippen LogP contribution is -2.12. The summed E-state index contributed by atoms with van der Waals surface area (Å²) in [5.74, 6) is -1.63. The molecule has 0 aliphatic heterocycles. The molecule has 7 nitrogen and oxygen atoms in total. The molecule has 0 atom stereocenters. The van der Waals surface area contributed by atoms with Crippen molar-refractivity contribution in [1.29, 1.82) is 0 Å². The Hall–Kier alpha value is -2.52. The van der Waals surface area contributed by atoms with Crippen LogP contribution in [0.3, 0.4) is 0 Å². The first-order valence-electron chi connectivity index (χ1n) is 6.43. The number of benzene rings is 1. The van der Waals surface area contributed by atoms with E-state index in [0.717, 1.165) is 0 Å². The molecule has 2 aromatic heterocycles. The van der Waals surface area contributed by atoms with Crippen LogP contribution in [0, 0.1) is 0 Å². The third kappa shape index (κ3) is 3.30. The molecule has 0 radical (unpaired) electrons. The van der Waals surface area contributed by atoms with Crippen molar-refractivity contribution in [2.75, 3.05) is 5.73 Å². The Morgan fingerprint density at radius 2 is 2.04 bits per heavy atom. The number of aromatic hydroxyl groups is 1. The lowest BCUT2D eigenvalue weighted by Gasteiger charge is -2.06. The van der Waals surface area contributed by atoms with Crippen LogP contribution in [-0.2, 0) is 15.9 Å². The first-order valence-corrected chi connectivity index (χ1v) is 8.89. The summed E-state index contributed by atoms with van der Waals surface area (Å²) in [6.45, 7) is 0. The lowest BCUT2D eigenvalue weighted by molar-refractivity contribution is 0.432. The van der Waals surface area contributed by atoms with E-state index in [1.807, 2.05) is 0 Å². The molecule has 0 aliphatic rings. The zero-order valence-electron chi connectivity index (χ0n) is 11.7. The van der Waals surface area contributed by atoms with Gasteiger partial charge in [-0.15, -0.1) is 11.3 Å². The first kappa shape index (κ1) is 15.4. The second-order valence-electron chi connectivity index (χ2n) is 4.58. The van der Waals surface area contributed by atoms with E-state index >= 15 is 0 Å². The summed E-state index contributed by atoms with van der Waals surface area (Å²) in [5, 5.41) is 12.2. The minimum atomic E-state index is -4.01. The van der Waals surface area contributed by atoms with E-state index in [0.29, 0.717) is 10.6 Å². The van der Waals surface area contributed by atoms with Gasteiger partial charge < -0.3 is 19.4 Å². The molecule has 0 fully saturated rings. The van der Waals surface area contributed by atoms with Gasteiger partial charge in [-0.1, -0.05) is 30.3 Å². The van der Waals surface area contributed by atoms with Crippen LogP contribution in [0.1, 0.15) is 5.56 Å². The number of anilines is 1. The quantitative estimate of drug-likeness (QED) is 0.678. The average Bonchev–Trinajstić information content (AvgIpc) is 3.11. The summed E-state index contributed by atoms with van der Waals surface area (Å²) >= 11 is 1.21. The van der Waals surface area contributed by atoms with E-state index < -0.39 is 21.6 Å². The second-order valence-corrected chi connectivity index (χ2v) is 7.05. The molecule has 3 N–H and O–H groups in total. The second kappa shape index (κ2) is 5.94. The molecule has 120 valence electrons. The molecular weight excluding hydrogens is 340 g/mol. The van der Waals surface area contributed by atoms with Crippen molar-refractivity contribution < 1.29 is 22.1 Å². The average molecular weight is 352 g/mol. The van der Waals surface area contributed by atoms with Crippen LogP contribution < -0.4 is 9.92 Å². The van der Waals surface area contributed by atoms with E-state index in [4.69, 9.17) is 14.3 Å². The highest BCUT2D eigenvalue weighted by atomic mass is 32.2. The van der Waals surface area contributed by atoms with Gasteiger partial charge in [-0.3, -0.25) is 0 Å². The minimum absolute atomic E-state index is 0.0255. The molecule has 0 unspecified atom stereocenters. The predicted molar refractivity (Wildman–Crippen MR) is 85.6 cm³/mol. The van der Waals surface area contributed by atoms with Crippen LogP contribution in [-0.4, -0.2) is 18.5 Å². The number of thiazole rings is 1. The highest BCUT2D eigenvalue weighted by Crippen LogP contribution is 2.45. The molecule has 0 saturated heterocycles. The molecular formula is C14H12N2O5S2. The van der Waals surface area contributed by atoms with Crippen LogP contribution >= 0.6 is 11.3 Å². The van der Waals surface area contributed by atoms with Gasteiger partial charge in [0.1, 0.15) is 5.75 Å². The van der Waals surface area contributed by atoms with Gasteiger partial charge in [-0.05, 0) is 5.56 Å². The maximum absolute atomic E-state index is 12.1. The number of nitrogens with zero attached hydrogens (tertiary/aromatic N) is 1. The topological polar surface area (TPSA) is 116 Å². The predicted octanol–water partition coefficient (Wildman–Crippen LogP) is 2.60. The van der Waals surface area contributed by atoms with Crippen molar-refractivity contribution in [2.45, 2.75) is 5.75 Å². The molecule has 0 spiro atoms. The molecule has 9 heteroatoms. The van der Waals surface area contributed by atoms with Gasteiger partial charge >= 0.3 is 10.1 Å². The zero-order chi connectivity index (χ0) is 16.4. The molecule has 23 heavy (non-hydrogen) atoms. The third-order valence-corrected chi connectivity index (χ3v) is 4.77. The van der Waals surface area contributed by atoms with E-state index in [9.17, 15) is 13.5 Å². The number of nitrogen functional groups attached to an aromatic ring is 1. The van der Waals surface area contributed by atoms with Crippen molar-refractivity contribution in [2.24, 2.45) is 0 Å². The Bertz CT molecular complexity index is 902. The maximum atomic E-state index is 12.1. The van der Waals surface area contributed by atoms with Crippen molar-refractivity contribution in [3.8, 4) is 22.3 Å². The monoisotopic (exact) mass is 352 g/mol. The lowest BCUT2D eigenvalue weighted by atomic mass is 10.2. The van der Waals surface area contributed by atoms with Crippen molar-refractivity contribution in [3.63, 3.8) is 0 Å². The standard InChI is InChI=1S/C14H12N2O5S2/c15-13-11(10(17)12(20-13)14-16-6-7-22-14)21-23(18,19)8-9-4-2-1-3-5-9/h1-7,17H,8,15H2. The number of hydrogen-bond donors (Lipinski definition) is 2. The van der Waals surface area contributed by atoms with E-state index in [2.05, 4.69) is 4.98 Å². The molecule has 0 bridgehead atoms. The zero-order valence-corrected chi connectivity index (χ0v) is 13.3. The fourth-order valence-electron chi connectivity index (χ4n) is 1.92. The van der Waals surface area contributed by atoms with Gasteiger partial charge in [-0.25, -0.2) is 4.98 Å². The molecule has 3 rings (SSSR count). The Labute approximate surface area is 136 Å². The number of furan rings is 1. The van der Waals surface area contributed by atoms with Crippen molar-refractivity contribution in [1.82, 2.24) is 4.98 Å². The normalized spacial score (nSPS) is 11.5. The summed E-state index contributed by atoms with van der Waals surface area (Å²) in [7, 11) is -4.01. The Morgan fingerprint density at radius 3 is 2.70 bits per heavy atom. The first-order chi connectivity index (χ1) is 11.0. The number of hydrogen-bond acceptors (Lipinski definition) is 8. The summed E-state index contributed by atoms with van der Waals surface area (Å²) in [5.41, 5.74) is 6.16. The highest BCUT2D eigenvalue weighted by Gasteiger charge is 2.27. The number of aromatic nitrogens is 1. The Kier molecular flexibility index (Phi) is 3.97. The summed E-state index contributed by atoms with van der Waals surface area (Å²) in [6, 6.07) is 8.52. The highest BCUT2D eigenvalue weighted by molar-refractivity contribution is 7.86. The van der Waals surface area contributed by atoms with Crippen molar-refractivity contribution >= 4 is 27.3 Å². The van der Waals surface area contributed by atoms with Gasteiger partial charge in [0.15, 0.2) is 5.01 Å². The van der Waals surface area contributed by atoms with E-state index in [1.54, 1.807) is 35.7 Å². The molecule has 0 saturated carbocycles. The minimum Gasteiger partial charge on any atom is -0.501 e. The van der Waals surface area contributed by atoms with Crippen molar-refractivity contribution in [3.05, 3.63) is 47.5 Å². The Balaban J connectivity index is 1.88. The van der Waals surface area contributed by atoms with Gasteiger partial charge in [0.2, 0.25) is 23.1 Å². The Morgan fingerprint density at radius 1 is 1.30 bits per heavy atom. The van der Waals surface area contributed by atoms with Gasteiger partial charge in [0, 0.05) is 11.6 Å². The van der Waals surface area contributed by atoms with Crippen LogP contribution in [0.5, 0.6) is 11.5 Å². The van der Waals surface area contributed by atoms with Crippen LogP contribution in [0.2, 0.25) is 0 Å². The van der Waals surface area contributed by atoms with E-state index in [-0.39, 0.29) is 17.4 Å². The summed E-state index contributed by atoms with van der Waals surface area (Å²) in [4.78, 5) is 3.97.